The summed E-state index contributed by atoms with van der Waals surface area (Å²) in [6.07, 6.45) is 0.940. The minimum atomic E-state index is -4.24. The molecule has 7 nitrogen and oxygen atoms in total. The topological polar surface area (TPSA) is 96.5 Å². The van der Waals surface area contributed by atoms with Gasteiger partial charge < -0.3 is 15.4 Å². The fourth-order valence-corrected chi connectivity index (χ4v) is 6.46. The lowest BCUT2D eigenvalue weighted by Crippen LogP contribution is -2.59. The van der Waals surface area contributed by atoms with Crippen molar-refractivity contribution < 1.29 is 22.3 Å². The molecule has 3 aromatic carbocycles. The zero-order valence-electron chi connectivity index (χ0n) is 19.3. The van der Waals surface area contributed by atoms with Crippen molar-refractivity contribution in [3.63, 3.8) is 0 Å². The van der Waals surface area contributed by atoms with Crippen molar-refractivity contribution in [3.8, 4) is 5.75 Å². The van der Waals surface area contributed by atoms with Crippen LogP contribution < -0.4 is 20.1 Å². The third kappa shape index (κ3) is 5.31. The maximum Gasteiger partial charge on any atom is 0.256 e. The number of hydrogen-bond donors (Lipinski definition) is 3. The molecule has 1 amide bonds. The first kappa shape index (κ1) is 24.7. The number of halogens is 1. The number of carbonyl (C=O) groups is 1. The van der Waals surface area contributed by atoms with E-state index in [4.69, 9.17) is 4.74 Å². The number of piperidine rings is 1. The van der Waals surface area contributed by atoms with Crippen LogP contribution in [0.3, 0.4) is 0 Å². The predicted octanol–water partition coefficient (Wildman–Crippen LogP) is 3.65. The van der Waals surface area contributed by atoms with Gasteiger partial charge in [0.1, 0.15) is 11.6 Å². The quantitative estimate of drug-likeness (QED) is 0.442. The summed E-state index contributed by atoms with van der Waals surface area (Å²) in [5.41, 5.74) is 0.178. The summed E-state index contributed by atoms with van der Waals surface area (Å²) in [6.45, 7) is 1.15. The van der Waals surface area contributed by atoms with Gasteiger partial charge >= 0.3 is 0 Å². The van der Waals surface area contributed by atoms with Gasteiger partial charge in [0.05, 0.1) is 18.4 Å². The van der Waals surface area contributed by atoms with Crippen LogP contribution in [0.15, 0.2) is 78.9 Å². The lowest BCUT2D eigenvalue weighted by atomic mass is 9.72. The molecule has 1 aliphatic heterocycles. The van der Waals surface area contributed by atoms with E-state index < -0.39 is 32.5 Å². The van der Waals surface area contributed by atoms with Gasteiger partial charge in [0.25, 0.3) is 15.9 Å². The Morgan fingerprint density at radius 1 is 1.00 bits per heavy atom. The van der Waals surface area contributed by atoms with E-state index in [1.54, 1.807) is 24.3 Å². The van der Waals surface area contributed by atoms with Crippen molar-refractivity contribution in [1.29, 1.82) is 0 Å². The van der Waals surface area contributed by atoms with Gasteiger partial charge in [-0.25, -0.2) is 12.8 Å². The lowest BCUT2D eigenvalue weighted by Gasteiger charge is -2.44. The summed E-state index contributed by atoms with van der Waals surface area (Å²) in [6, 6.07) is 21.2. The number of anilines is 1. The number of sulfonamides is 1. The van der Waals surface area contributed by atoms with Gasteiger partial charge in [0.15, 0.2) is 5.37 Å². The van der Waals surface area contributed by atoms with Crippen molar-refractivity contribution in [3.05, 3.63) is 95.8 Å². The second-order valence-corrected chi connectivity index (χ2v) is 10.2. The molecular formula is C26H28FN3O4S. The molecule has 0 aliphatic carbocycles. The van der Waals surface area contributed by atoms with Crippen LogP contribution in [0.5, 0.6) is 5.75 Å². The Labute approximate surface area is 204 Å². The Bertz CT molecular complexity index is 1280. The fraction of sp³-hybridized carbons (Fsp3) is 0.269. The third-order valence-electron chi connectivity index (χ3n) is 6.36. The number of ether oxygens (including phenoxy) is 1. The molecule has 1 heterocycles. The van der Waals surface area contributed by atoms with Crippen molar-refractivity contribution in [1.82, 2.24) is 10.6 Å². The first-order chi connectivity index (χ1) is 16.9. The van der Waals surface area contributed by atoms with Crippen LogP contribution in [0.25, 0.3) is 0 Å². The van der Waals surface area contributed by atoms with E-state index in [0.29, 0.717) is 31.7 Å². The molecule has 1 atom stereocenters. The highest BCUT2D eigenvalue weighted by molar-refractivity contribution is 7.93. The maximum absolute atomic E-state index is 13.9. The molecule has 0 spiro atoms. The number of amides is 1. The average Bonchev–Trinajstić information content (AvgIpc) is 2.87. The second kappa shape index (κ2) is 10.5. The zero-order valence-corrected chi connectivity index (χ0v) is 20.1. The van der Waals surface area contributed by atoms with E-state index in [2.05, 4.69) is 15.4 Å². The van der Waals surface area contributed by atoms with Gasteiger partial charge in [-0.3, -0.25) is 9.52 Å². The number of benzene rings is 3. The van der Waals surface area contributed by atoms with Crippen LogP contribution in [-0.4, -0.2) is 39.9 Å². The van der Waals surface area contributed by atoms with Crippen molar-refractivity contribution >= 4 is 21.6 Å². The van der Waals surface area contributed by atoms with Crippen LogP contribution in [0, 0.1) is 5.82 Å². The summed E-state index contributed by atoms with van der Waals surface area (Å²) >= 11 is 0. The number of hydrogen-bond acceptors (Lipinski definition) is 5. The molecule has 1 unspecified atom stereocenters. The fourth-order valence-electron chi connectivity index (χ4n) is 4.66. The highest BCUT2D eigenvalue weighted by Crippen LogP contribution is 2.40. The summed E-state index contributed by atoms with van der Waals surface area (Å²) in [7, 11) is -2.79. The predicted molar refractivity (Wildman–Crippen MR) is 133 cm³/mol. The molecule has 3 N–H and O–H groups in total. The Balaban J connectivity index is 1.81. The first-order valence-corrected chi connectivity index (χ1v) is 12.9. The third-order valence-corrected chi connectivity index (χ3v) is 8.07. The molecule has 4 rings (SSSR count). The zero-order chi connectivity index (χ0) is 24.9. The molecule has 0 radical (unpaired) electrons. The first-order valence-electron chi connectivity index (χ1n) is 11.3. The Kier molecular flexibility index (Phi) is 7.37. The highest BCUT2D eigenvalue weighted by Gasteiger charge is 2.49. The number of methoxy groups -OCH3 is 1. The minimum Gasteiger partial charge on any atom is -0.496 e. The van der Waals surface area contributed by atoms with E-state index in [1.807, 2.05) is 30.3 Å². The molecule has 35 heavy (non-hydrogen) atoms. The number of para-hydroxylation sites is 1. The molecule has 1 fully saturated rings. The van der Waals surface area contributed by atoms with Crippen molar-refractivity contribution in [2.75, 3.05) is 24.9 Å². The number of rotatable bonds is 8. The largest absolute Gasteiger partial charge is 0.496 e. The average molecular weight is 498 g/mol. The summed E-state index contributed by atoms with van der Waals surface area (Å²) in [4.78, 5) is 13.4. The smallest absolute Gasteiger partial charge is 0.256 e. The van der Waals surface area contributed by atoms with Gasteiger partial charge in [-0.05, 0) is 61.8 Å². The molecule has 0 bridgehead atoms. The highest BCUT2D eigenvalue weighted by atomic mass is 32.2. The molecule has 0 saturated carbocycles. The van der Waals surface area contributed by atoms with E-state index in [-0.39, 0.29) is 11.3 Å². The maximum atomic E-state index is 13.9. The van der Waals surface area contributed by atoms with E-state index in [9.17, 15) is 17.6 Å². The minimum absolute atomic E-state index is 0.0821. The van der Waals surface area contributed by atoms with E-state index in [1.165, 1.54) is 25.3 Å². The van der Waals surface area contributed by atoms with Gasteiger partial charge in [-0.1, -0.05) is 48.5 Å². The Hall–Kier alpha value is -3.43. The molecule has 1 aliphatic rings. The Morgan fingerprint density at radius 2 is 1.69 bits per heavy atom. The van der Waals surface area contributed by atoms with Crippen LogP contribution in [0.2, 0.25) is 0 Å². The van der Waals surface area contributed by atoms with Crippen molar-refractivity contribution in [2.45, 2.75) is 23.6 Å². The molecule has 9 heteroatoms. The lowest BCUT2D eigenvalue weighted by molar-refractivity contribution is 0.0922. The Morgan fingerprint density at radius 3 is 2.37 bits per heavy atom. The van der Waals surface area contributed by atoms with Crippen molar-refractivity contribution in [2.24, 2.45) is 0 Å². The van der Waals surface area contributed by atoms with Gasteiger partial charge in [-0.15, -0.1) is 0 Å². The van der Waals surface area contributed by atoms with E-state index >= 15 is 0 Å². The summed E-state index contributed by atoms with van der Waals surface area (Å²) in [5.74, 6) is -0.816. The summed E-state index contributed by atoms with van der Waals surface area (Å²) in [5, 5.41) is 4.73. The van der Waals surface area contributed by atoms with Crippen LogP contribution in [0.4, 0.5) is 10.1 Å². The second-order valence-electron chi connectivity index (χ2n) is 8.48. The van der Waals surface area contributed by atoms with Crippen LogP contribution in [-0.2, 0) is 15.4 Å². The number of nitrogens with one attached hydrogen (secondary N) is 3. The SMILES string of the molecule is COc1ccccc1C(=O)NC(C1(c2ccccc2)CCNCC1)S(=O)(=O)Nc1cccc(F)c1. The van der Waals surface area contributed by atoms with Crippen LogP contribution in [0.1, 0.15) is 28.8 Å². The molecule has 3 aromatic rings. The van der Waals surface area contributed by atoms with Gasteiger partial charge in [0, 0.05) is 5.41 Å². The molecular weight excluding hydrogens is 469 g/mol. The standard InChI is InChI=1S/C26H28FN3O4S/c1-34-23-13-6-5-12-22(23)24(31)29-25(35(32,33)30-21-11-7-10-20(27)18-21)26(14-16-28-17-15-26)19-8-3-2-4-9-19/h2-13,18,25,28,30H,14-17H2,1H3,(H,29,31). The van der Waals surface area contributed by atoms with Gasteiger partial charge in [0.2, 0.25) is 0 Å². The normalized spacial score (nSPS) is 16.2. The monoisotopic (exact) mass is 497 g/mol. The molecule has 1 saturated heterocycles. The molecule has 0 aromatic heterocycles. The number of carbonyl (C=O) groups excluding carboxylic acids is 1. The van der Waals surface area contributed by atoms with E-state index in [0.717, 1.165) is 11.6 Å². The molecule has 184 valence electrons. The van der Waals surface area contributed by atoms with Crippen LogP contribution >= 0.6 is 0 Å². The summed E-state index contributed by atoms with van der Waals surface area (Å²) < 4.78 is 49.5. The van der Waals surface area contributed by atoms with Gasteiger partial charge in [-0.2, -0.15) is 0 Å².